The lowest BCUT2D eigenvalue weighted by Gasteiger charge is -2.11. The smallest absolute Gasteiger partial charge is 0.350 e. The molecule has 0 atom stereocenters. The van der Waals surface area contributed by atoms with Crippen LogP contribution in [0.25, 0.3) is 22.2 Å². The van der Waals surface area contributed by atoms with Gasteiger partial charge in [0.15, 0.2) is 5.57 Å². The highest BCUT2D eigenvalue weighted by Crippen LogP contribution is 2.25. The fourth-order valence-corrected chi connectivity index (χ4v) is 2.82. The third kappa shape index (κ3) is 4.62. The monoisotopic (exact) mass is 400 g/mol. The molecule has 7 heteroatoms. The summed E-state index contributed by atoms with van der Waals surface area (Å²) in [6.07, 6.45) is 1.10. The molecule has 1 aromatic heterocycles. The number of carbonyl (C=O) groups excluding carboxylic acids is 2. The van der Waals surface area contributed by atoms with E-state index in [0.29, 0.717) is 22.2 Å². The number of hydrogen-bond donors (Lipinski definition) is 2. The topological polar surface area (TPSA) is 104 Å². The number of aryl methyl sites for hydroxylation is 1. The van der Waals surface area contributed by atoms with Crippen LogP contribution in [0.3, 0.4) is 0 Å². The molecular weight excluding hydrogens is 380 g/mol. The third-order valence-electron chi connectivity index (χ3n) is 4.33. The van der Waals surface area contributed by atoms with Crippen molar-refractivity contribution in [1.29, 1.82) is 5.26 Å². The van der Waals surface area contributed by atoms with Crippen molar-refractivity contribution in [2.24, 2.45) is 0 Å². The number of pyridine rings is 1. The highest BCUT2D eigenvalue weighted by molar-refractivity contribution is 6.07. The number of esters is 1. The van der Waals surface area contributed by atoms with Gasteiger partial charge < -0.3 is 10.2 Å². The number of benzene rings is 2. The molecule has 30 heavy (non-hydrogen) atoms. The van der Waals surface area contributed by atoms with Gasteiger partial charge in [-0.2, -0.15) is 5.26 Å². The summed E-state index contributed by atoms with van der Waals surface area (Å²) in [4.78, 5) is 29.1. The van der Waals surface area contributed by atoms with Gasteiger partial charge in [-0.3, -0.25) is 10.2 Å². The highest BCUT2D eigenvalue weighted by Gasteiger charge is 2.14. The maximum absolute atomic E-state index is 12.8. The first-order valence-corrected chi connectivity index (χ1v) is 9.33. The molecule has 0 saturated heterocycles. The zero-order valence-corrected chi connectivity index (χ0v) is 16.6. The van der Waals surface area contributed by atoms with E-state index in [1.807, 2.05) is 55.5 Å². The van der Waals surface area contributed by atoms with Gasteiger partial charge in [-0.15, -0.1) is 0 Å². The Bertz CT molecular complexity index is 1160. The molecule has 0 fully saturated rings. The van der Waals surface area contributed by atoms with Crippen LogP contribution in [0.2, 0.25) is 0 Å². The van der Waals surface area contributed by atoms with E-state index in [1.165, 1.54) is 0 Å². The first kappa shape index (κ1) is 20.6. The van der Waals surface area contributed by atoms with Crippen molar-refractivity contribution in [1.82, 2.24) is 15.8 Å². The molecule has 0 radical (unpaired) electrons. The van der Waals surface area contributed by atoms with Crippen molar-refractivity contribution in [2.75, 3.05) is 6.61 Å². The van der Waals surface area contributed by atoms with E-state index >= 15 is 0 Å². The summed E-state index contributed by atoms with van der Waals surface area (Å²) in [5, 5.41) is 9.73. The van der Waals surface area contributed by atoms with E-state index in [1.54, 1.807) is 19.1 Å². The van der Waals surface area contributed by atoms with Crippen LogP contribution in [-0.2, 0) is 9.53 Å². The lowest BCUT2D eigenvalue weighted by Crippen LogP contribution is -2.34. The fraction of sp³-hybridized carbons (Fsp3) is 0.130. The largest absolute Gasteiger partial charge is 0.462 e. The number of aromatic nitrogens is 1. The van der Waals surface area contributed by atoms with Gasteiger partial charge in [0.1, 0.15) is 6.07 Å². The van der Waals surface area contributed by atoms with Crippen LogP contribution in [0.4, 0.5) is 0 Å². The summed E-state index contributed by atoms with van der Waals surface area (Å²) >= 11 is 0. The molecule has 0 bridgehead atoms. The summed E-state index contributed by atoms with van der Waals surface area (Å²) in [6.45, 7) is 3.79. The molecule has 0 unspecified atom stereocenters. The average Bonchev–Trinajstić information content (AvgIpc) is 2.76. The van der Waals surface area contributed by atoms with Crippen molar-refractivity contribution in [3.05, 3.63) is 77.5 Å². The second-order valence-corrected chi connectivity index (χ2v) is 6.43. The fourth-order valence-electron chi connectivity index (χ4n) is 2.82. The van der Waals surface area contributed by atoms with Gasteiger partial charge >= 0.3 is 5.97 Å². The van der Waals surface area contributed by atoms with Crippen molar-refractivity contribution in [3.63, 3.8) is 0 Å². The molecule has 0 aliphatic rings. The quantitative estimate of drug-likeness (QED) is 0.284. The predicted octanol–water partition coefficient (Wildman–Crippen LogP) is 3.42. The van der Waals surface area contributed by atoms with Gasteiger partial charge in [0.2, 0.25) is 0 Å². The molecule has 2 aromatic carbocycles. The lowest BCUT2D eigenvalue weighted by molar-refractivity contribution is -0.138. The van der Waals surface area contributed by atoms with E-state index in [-0.39, 0.29) is 12.2 Å². The van der Waals surface area contributed by atoms with Gasteiger partial charge in [-0.25, -0.2) is 9.78 Å². The van der Waals surface area contributed by atoms with E-state index in [2.05, 4.69) is 15.8 Å². The lowest BCUT2D eigenvalue weighted by atomic mass is 10.0. The summed E-state index contributed by atoms with van der Waals surface area (Å²) in [5.41, 5.74) is 8.51. The molecule has 3 rings (SSSR count). The van der Waals surface area contributed by atoms with Crippen LogP contribution in [0.15, 0.2) is 66.4 Å². The molecule has 3 aromatic rings. The van der Waals surface area contributed by atoms with Crippen molar-refractivity contribution < 1.29 is 14.3 Å². The Labute approximate surface area is 174 Å². The van der Waals surface area contributed by atoms with Gasteiger partial charge in [0.05, 0.1) is 23.4 Å². The average molecular weight is 400 g/mol. The van der Waals surface area contributed by atoms with Crippen LogP contribution in [0, 0.1) is 18.3 Å². The summed E-state index contributed by atoms with van der Waals surface area (Å²) in [7, 11) is 0. The maximum Gasteiger partial charge on any atom is 0.350 e. The van der Waals surface area contributed by atoms with Crippen LogP contribution in [0.5, 0.6) is 0 Å². The van der Waals surface area contributed by atoms with Gasteiger partial charge in [-0.1, -0.05) is 48.0 Å². The first-order valence-electron chi connectivity index (χ1n) is 9.33. The number of amides is 1. The molecule has 0 spiro atoms. The van der Waals surface area contributed by atoms with E-state index in [0.717, 1.165) is 17.3 Å². The molecule has 150 valence electrons. The molecular formula is C23H20N4O3. The van der Waals surface area contributed by atoms with Gasteiger partial charge in [-0.05, 0) is 26.0 Å². The summed E-state index contributed by atoms with van der Waals surface area (Å²) in [6, 6.07) is 18.6. The zero-order valence-electron chi connectivity index (χ0n) is 16.6. The number of nitriles is 1. The zero-order chi connectivity index (χ0) is 21.5. The number of nitrogens with one attached hydrogen (secondary N) is 2. The number of ether oxygens (including phenoxy) is 1. The van der Waals surface area contributed by atoms with Crippen LogP contribution >= 0.6 is 0 Å². The standard InChI is InChI=1S/C23H20N4O3/c1-3-30-23(29)17(13-24)14-25-27-22(28)19-12-21(16-10-8-15(2)9-11-16)26-20-7-5-4-6-18(19)20/h4-12,14,25H,3H2,1-2H3,(H,27,28)/b17-14+. The number of fused-ring (bicyclic) bond motifs is 1. The Morgan fingerprint density at radius 3 is 2.60 bits per heavy atom. The van der Waals surface area contributed by atoms with E-state index in [9.17, 15) is 9.59 Å². The van der Waals surface area contributed by atoms with E-state index < -0.39 is 11.9 Å². The first-order chi connectivity index (χ1) is 14.5. The van der Waals surface area contributed by atoms with Crippen LogP contribution in [-0.4, -0.2) is 23.5 Å². The van der Waals surface area contributed by atoms with Crippen molar-refractivity contribution in [3.8, 4) is 17.3 Å². The minimum absolute atomic E-state index is 0.148. The number of hydrazine groups is 1. The molecule has 2 N–H and O–H groups in total. The molecule has 0 aliphatic carbocycles. The Hall–Kier alpha value is -4.18. The number of para-hydroxylation sites is 1. The Kier molecular flexibility index (Phi) is 6.40. The predicted molar refractivity (Wildman–Crippen MR) is 113 cm³/mol. The van der Waals surface area contributed by atoms with Crippen molar-refractivity contribution >= 4 is 22.8 Å². The van der Waals surface area contributed by atoms with Gasteiger partial charge in [0, 0.05) is 17.1 Å². The summed E-state index contributed by atoms with van der Waals surface area (Å²) in [5.74, 6) is -1.20. The van der Waals surface area contributed by atoms with E-state index in [4.69, 9.17) is 10.00 Å². The number of rotatable bonds is 6. The third-order valence-corrected chi connectivity index (χ3v) is 4.33. The Morgan fingerprint density at radius 2 is 1.90 bits per heavy atom. The number of nitrogens with zero attached hydrogens (tertiary/aromatic N) is 2. The molecule has 1 heterocycles. The number of hydrogen-bond acceptors (Lipinski definition) is 6. The minimum atomic E-state index is -0.766. The number of carbonyl (C=O) groups is 2. The molecule has 0 aliphatic heterocycles. The van der Waals surface area contributed by atoms with Crippen LogP contribution in [0.1, 0.15) is 22.8 Å². The van der Waals surface area contributed by atoms with Crippen LogP contribution < -0.4 is 10.9 Å². The minimum Gasteiger partial charge on any atom is -0.462 e. The highest BCUT2D eigenvalue weighted by atomic mass is 16.5. The van der Waals surface area contributed by atoms with Gasteiger partial charge in [0.25, 0.3) is 5.91 Å². The van der Waals surface area contributed by atoms with Crippen molar-refractivity contribution in [2.45, 2.75) is 13.8 Å². The SMILES string of the molecule is CCOC(=O)/C(C#N)=C/NNC(=O)c1cc(-c2ccc(C)cc2)nc2ccccc12. The Balaban J connectivity index is 1.90. The normalized spacial score (nSPS) is 10.9. The Morgan fingerprint density at radius 1 is 1.17 bits per heavy atom. The molecule has 0 saturated carbocycles. The second-order valence-electron chi connectivity index (χ2n) is 6.43. The maximum atomic E-state index is 12.8. The molecule has 7 nitrogen and oxygen atoms in total. The second kappa shape index (κ2) is 9.34. The summed E-state index contributed by atoms with van der Waals surface area (Å²) < 4.78 is 4.78. The molecule has 1 amide bonds.